The predicted molar refractivity (Wildman–Crippen MR) is 112 cm³/mol. The van der Waals surface area contributed by atoms with E-state index in [1.165, 1.54) is 23.5 Å². The topological polar surface area (TPSA) is 99.7 Å². The average molecular weight is 427 g/mol. The van der Waals surface area contributed by atoms with Crippen molar-refractivity contribution in [2.45, 2.75) is 39.0 Å². The molecule has 1 amide bonds. The first-order valence-corrected chi connectivity index (χ1v) is 10.0. The van der Waals surface area contributed by atoms with Gasteiger partial charge in [0.2, 0.25) is 0 Å². The lowest BCUT2D eigenvalue weighted by molar-refractivity contribution is 0.0257. The Labute approximate surface area is 178 Å². The minimum absolute atomic E-state index is 0.133. The van der Waals surface area contributed by atoms with Gasteiger partial charge in [-0.1, -0.05) is 13.8 Å². The van der Waals surface area contributed by atoms with Crippen molar-refractivity contribution in [1.82, 2.24) is 25.1 Å². The summed E-state index contributed by atoms with van der Waals surface area (Å²) in [5, 5.41) is 9.80. The van der Waals surface area contributed by atoms with Crippen molar-refractivity contribution in [3.05, 3.63) is 47.8 Å². The lowest BCUT2D eigenvalue weighted by Crippen LogP contribution is -2.27. The summed E-state index contributed by atoms with van der Waals surface area (Å²) in [6.45, 7) is 5.47. The molecule has 31 heavy (non-hydrogen) atoms. The molecule has 0 radical (unpaired) electrons. The number of carbonyl (C=O) groups is 1. The number of aromatic nitrogens is 5. The highest BCUT2D eigenvalue weighted by molar-refractivity contribution is 6.08. The summed E-state index contributed by atoms with van der Waals surface area (Å²) in [5.41, 5.74) is 2.74. The van der Waals surface area contributed by atoms with Gasteiger partial charge in [0.25, 0.3) is 11.8 Å². The van der Waals surface area contributed by atoms with Gasteiger partial charge in [-0.2, -0.15) is 5.10 Å². The molecule has 1 fully saturated rings. The smallest absolute Gasteiger partial charge is 0.266 e. The molecule has 0 aromatic carbocycles. The molecule has 0 bridgehead atoms. The average Bonchev–Trinajstić information content (AvgIpc) is 3.33. The van der Waals surface area contributed by atoms with Gasteiger partial charge in [0, 0.05) is 43.0 Å². The van der Waals surface area contributed by atoms with E-state index in [0.717, 1.165) is 5.56 Å². The van der Waals surface area contributed by atoms with Gasteiger partial charge in [-0.25, -0.2) is 23.7 Å². The maximum absolute atomic E-state index is 13.9. The van der Waals surface area contributed by atoms with E-state index in [-0.39, 0.29) is 30.3 Å². The zero-order valence-corrected chi connectivity index (χ0v) is 17.5. The normalized spacial score (nSPS) is 15.5. The van der Waals surface area contributed by atoms with Crippen molar-refractivity contribution in [3.8, 4) is 11.3 Å². The molecular formula is C21H23F2N7O. The fourth-order valence-corrected chi connectivity index (χ4v) is 3.50. The van der Waals surface area contributed by atoms with E-state index in [1.807, 2.05) is 20.8 Å². The van der Waals surface area contributed by atoms with Crippen molar-refractivity contribution >= 4 is 17.4 Å². The monoisotopic (exact) mass is 427 g/mol. The van der Waals surface area contributed by atoms with Gasteiger partial charge in [0.05, 0.1) is 29.7 Å². The van der Waals surface area contributed by atoms with Gasteiger partial charge in [0.1, 0.15) is 5.82 Å². The first-order chi connectivity index (χ1) is 14.7. The van der Waals surface area contributed by atoms with Crippen LogP contribution in [0.15, 0.2) is 30.9 Å². The quantitative estimate of drug-likeness (QED) is 0.643. The van der Waals surface area contributed by atoms with E-state index in [2.05, 4.69) is 30.5 Å². The minimum Gasteiger partial charge on any atom is -0.349 e. The number of amides is 1. The second kappa shape index (κ2) is 8.01. The number of pyridine rings is 1. The summed E-state index contributed by atoms with van der Waals surface area (Å²) in [6.07, 6.45) is 5.85. The summed E-state index contributed by atoms with van der Waals surface area (Å²) in [5.74, 6) is -2.20. The van der Waals surface area contributed by atoms with Crippen LogP contribution in [0.1, 0.15) is 47.9 Å². The van der Waals surface area contributed by atoms with Crippen molar-refractivity contribution in [2.24, 2.45) is 0 Å². The zero-order chi connectivity index (χ0) is 22.2. The van der Waals surface area contributed by atoms with Gasteiger partial charge in [0.15, 0.2) is 5.82 Å². The van der Waals surface area contributed by atoms with Crippen LogP contribution in [-0.4, -0.2) is 50.1 Å². The van der Waals surface area contributed by atoms with Crippen LogP contribution in [0.3, 0.4) is 0 Å². The minimum atomic E-state index is -2.80. The van der Waals surface area contributed by atoms with Gasteiger partial charge in [-0.3, -0.25) is 9.89 Å². The predicted octanol–water partition coefficient (Wildman–Crippen LogP) is 3.79. The van der Waals surface area contributed by atoms with E-state index in [1.54, 1.807) is 12.3 Å². The largest absolute Gasteiger partial charge is 0.349 e. The summed E-state index contributed by atoms with van der Waals surface area (Å²) >= 11 is 0. The maximum Gasteiger partial charge on any atom is 0.266 e. The molecule has 0 atom stereocenters. The van der Waals surface area contributed by atoms with Crippen LogP contribution in [0, 0.1) is 6.92 Å². The second-order valence-corrected chi connectivity index (χ2v) is 7.95. The fourth-order valence-electron chi connectivity index (χ4n) is 3.50. The number of nitrogens with one attached hydrogen (secondary N) is 2. The second-order valence-electron chi connectivity index (χ2n) is 7.95. The number of aromatic amines is 1. The molecule has 0 aliphatic carbocycles. The summed E-state index contributed by atoms with van der Waals surface area (Å²) in [6, 6.07) is 1.71. The van der Waals surface area contributed by atoms with Gasteiger partial charge >= 0.3 is 0 Å². The molecule has 10 heteroatoms. The molecule has 4 heterocycles. The molecule has 8 nitrogen and oxygen atoms in total. The van der Waals surface area contributed by atoms with Crippen molar-refractivity contribution in [2.75, 3.05) is 23.3 Å². The molecule has 0 spiro atoms. The fraction of sp³-hybridized carbons (Fsp3) is 0.381. The number of nitrogens with zero attached hydrogens (tertiary/aromatic N) is 5. The Morgan fingerprint density at radius 2 is 1.97 bits per heavy atom. The lowest BCUT2D eigenvalue weighted by atomic mass is 10.1. The van der Waals surface area contributed by atoms with Crippen LogP contribution < -0.4 is 10.2 Å². The van der Waals surface area contributed by atoms with Crippen LogP contribution in [0.4, 0.5) is 20.3 Å². The first-order valence-electron chi connectivity index (χ1n) is 10.0. The molecule has 1 aliphatic heterocycles. The van der Waals surface area contributed by atoms with E-state index >= 15 is 0 Å². The van der Waals surface area contributed by atoms with E-state index < -0.39 is 18.4 Å². The van der Waals surface area contributed by atoms with Crippen molar-refractivity contribution in [1.29, 1.82) is 0 Å². The van der Waals surface area contributed by atoms with Crippen LogP contribution in [0.25, 0.3) is 11.3 Å². The molecule has 3 aromatic heterocycles. The number of rotatable bonds is 5. The molecule has 2 N–H and O–H groups in total. The van der Waals surface area contributed by atoms with Gasteiger partial charge in [-0.05, 0) is 18.6 Å². The molecule has 0 saturated carbocycles. The number of hydrogen-bond donors (Lipinski definition) is 2. The number of anilines is 2. The lowest BCUT2D eigenvalue weighted by Gasteiger charge is -2.22. The van der Waals surface area contributed by atoms with Gasteiger partial charge in [-0.15, -0.1) is 0 Å². The number of H-pyrrole nitrogens is 1. The summed E-state index contributed by atoms with van der Waals surface area (Å²) in [4.78, 5) is 27.3. The Morgan fingerprint density at radius 1 is 1.23 bits per heavy atom. The summed E-state index contributed by atoms with van der Waals surface area (Å²) in [7, 11) is 0. The van der Waals surface area contributed by atoms with Crippen molar-refractivity contribution < 1.29 is 13.6 Å². The molecule has 0 unspecified atom stereocenters. The molecular weight excluding hydrogens is 404 g/mol. The standard InChI is InChI=1S/C21H23F2N7O/c1-12(2)18-25-9-14(10-26-18)20(31)28-17-15(16-13(3)8-27-29-16)4-6-24-19(17)30-7-5-21(22,23)11-30/h4,6,8-10,12H,5,7,11H2,1-3H3,(H,27,29)(H,28,31). The van der Waals surface area contributed by atoms with E-state index in [0.29, 0.717) is 22.8 Å². The first kappa shape index (κ1) is 20.8. The Morgan fingerprint density at radius 3 is 2.55 bits per heavy atom. The number of aryl methyl sites for hydroxylation is 1. The van der Waals surface area contributed by atoms with Crippen molar-refractivity contribution in [3.63, 3.8) is 0 Å². The highest BCUT2D eigenvalue weighted by Crippen LogP contribution is 2.39. The van der Waals surface area contributed by atoms with E-state index in [4.69, 9.17) is 0 Å². The number of carbonyl (C=O) groups excluding carboxylic acids is 1. The number of halogens is 2. The third-order valence-corrected chi connectivity index (χ3v) is 5.19. The highest BCUT2D eigenvalue weighted by Gasteiger charge is 2.40. The molecule has 3 aromatic rings. The third-order valence-electron chi connectivity index (χ3n) is 5.19. The Bertz CT molecular complexity index is 1100. The number of alkyl halides is 2. The third kappa shape index (κ3) is 4.23. The maximum atomic E-state index is 13.9. The van der Waals surface area contributed by atoms with Gasteiger partial charge < -0.3 is 10.2 Å². The summed E-state index contributed by atoms with van der Waals surface area (Å²) < 4.78 is 27.8. The Kier molecular flexibility index (Phi) is 5.38. The molecule has 1 saturated heterocycles. The zero-order valence-electron chi connectivity index (χ0n) is 17.5. The highest BCUT2D eigenvalue weighted by atomic mass is 19.3. The van der Waals surface area contributed by atoms with Crippen LogP contribution in [-0.2, 0) is 0 Å². The Hall–Kier alpha value is -3.43. The Balaban J connectivity index is 1.73. The van der Waals surface area contributed by atoms with Crippen LogP contribution in [0.2, 0.25) is 0 Å². The molecule has 1 aliphatic rings. The number of hydrogen-bond acceptors (Lipinski definition) is 6. The molecule has 162 valence electrons. The van der Waals surface area contributed by atoms with Crippen LogP contribution >= 0.6 is 0 Å². The SMILES string of the molecule is Cc1cn[nH]c1-c1ccnc(N2CCC(F)(F)C2)c1NC(=O)c1cnc(C(C)C)nc1. The van der Waals surface area contributed by atoms with Crippen LogP contribution in [0.5, 0.6) is 0 Å². The molecule has 4 rings (SSSR count). The van der Waals surface area contributed by atoms with E-state index in [9.17, 15) is 13.6 Å².